The molecule has 1 amide bonds. The lowest BCUT2D eigenvalue weighted by Gasteiger charge is -2.24. The quantitative estimate of drug-likeness (QED) is 0.809. The van der Waals surface area contributed by atoms with Crippen LogP contribution in [0.4, 0.5) is 0 Å². The number of pyridine rings is 1. The number of aromatic nitrogens is 1. The summed E-state index contributed by atoms with van der Waals surface area (Å²) in [6.45, 7) is 3.03. The minimum Gasteiger partial charge on any atom is -0.478 e. The van der Waals surface area contributed by atoms with Crippen molar-refractivity contribution in [2.24, 2.45) is 0 Å². The molecule has 0 fully saturated rings. The molecule has 128 valence electrons. The molecule has 0 saturated carbocycles. The van der Waals surface area contributed by atoms with Gasteiger partial charge in [-0.25, -0.2) is 4.98 Å². The fourth-order valence-corrected chi connectivity index (χ4v) is 2.38. The molecule has 1 atom stereocenters. The Morgan fingerprint density at radius 3 is 2.54 bits per heavy atom. The molecule has 0 saturated heterocycles. The summed E-state index contributed by atoms with van der Waals surface area (Å²) in [7, 11) is 4.05. The summed E-state index contributed by atoms with van der Waals surface area (Å²) in [5.74, 6) is 0.412. The number of ether oxygens (including phenoxy) is 1. The monoisotopic (exact) mass is 327 g/mol. The van der Waals surface area contributed by atoms with E-state index in [9.17, 15) is 4.79 Å². The molecule has 0 spiro atoms. The first-order valence-electron chi connectivity index (χ1n) is 8.17. The van der Waals surface area contributed by atoms with E-state index in [1.54, 1.807) is 18.3 Å². The fraction of sp³-hybridized carbons (Fsp3) is 0.368. The van der Waals surface area contributed by atoms with Crippen LogP contribution in [-0.2, 0) is 6.42 Å². The van der Waals surface area contributed by atoms with Crippen molar-refractivity contribution in [1.82, 2.24) is 15.2 Å². The van der Waals surface area contributed by atoms with Crippen LogP contribution in [0.2, 0.25) is 0 Å². The van der Waals surface area contributed by atoms with Gasteiger partial charge in [-0.3, -0.25) is 4.79 Å². The predicted octanol–water partition coefficient (Wildman–Crippen LogP) is 2.38. The Bertz CT molecular complexity index is 627. The SMILES string of the molecule is CCOc1ccc(C(=O)NCC(Cc2ccccc2)N(C)C)cn1. The zero-order valence-corrected chi connectivity index (χ0v) is 14.5. The molecule has 1 aromatic heterocycles. The maximum absolute atomic E-state index is 12.3. The van der Waals surface area contributed by atoms with Crippen LogP contribution in [0.1, 0.15) is 22.8 Å². The van der Waals surface area contributed by atoms with Crippen molar-refractivity contribution < 1.29 is 9.53 Å². The van der Waals surface area contributed by atoms with Crippen molar-refractivity contribution in [3.8, 4) is 5.88 Å². The third-order valence-electron chi connectivity index (χ3n) is 3.83. The Hall–Kier alpha value is -2.40. The van der Waals surface area contributed by atoms with E-state index in [1.165, 1.54) is 5.56 Å². The zero-order chi connectivity index (χ0) is 17.4. The van der Waals surface area contributed by atoms with Crippen LogP contribution in [0.15, 0.2) is 48.7 Å². The molecule has 1 N–H and O–H groups in total. The van der Waals surface area contributed by atoms with Crippen molar-refractivity contribution >= 4 is 5.91 Å². The van der Waals surface area contributed by atoms with Crippen LogP contribution in [0.5, 0.6) is 5.88 Å². The highest BCUT2D eigenvalue weighted by Gasteiger charge is 2.14. The van der Waals surface area contributed by atoms with Crippen molar-refractivity contribution in [2.45, 2.75) is 19.4 Å². The van der Waals surface area contributed by atoms with Gasteiger partial charge in [-0.05, 0) is 39.1 Å². The summed E-state index contributed by atoms with van der Waals surface area (Å²) in [5.41, 5.74) is 1.80. The van der Waals surface area contributed by atoms with E-state index in [0.717, 1.165) is 6.42 Å². The van der Waals surface area contributed by atoms with Gasteiger partial charge in [0, 0.05) is 24.8 Å². The minimum absolute atomic E-state index is 0.120. The number of benzene rings is 1. The molecule has 0 aliphatic carbocycles. The van der Waals surface area contributed by atoms with Crippen molar-refractivity contribution in [3.05, 3.63) is 59.8 Å². The van der Waals surface area contributed by atoms with Gasteiger partial charge in [-0.1, -0.05) is 30.3 Å². The number of carbonyl (C=O) groups is 1. The van der Waals surface area contributed by atoms with E-state index >= 15 is 0 Å². The third kappa shape index (κ3) is 5.35. The molecular formula is C19H25N3O2. The zero-order valence-electron chi connectivity index (χ0n) is 14.5. The molecule has 24 heavy (non-hydrogen) atoms. The second kappa shape index (κ2) is 9.03. The molecule has 2 aromatic rings. The highest BCUT2D eigenvalue weighted by atomic mass is 16.5. The Morgan fingerprint density at radius 2 is 1.96 bits per heavy atom. The normalized spacial score (nSPS) is 12.0. The van der Waals surface area contributed by atoms with Crippen molar-refractivity contribution in [3.63, 3.8) is 0 Å². The molecule has 2 rings (SSSR count). The standard InChI is InChI=1S/C19H25N3O2/c1-4-24-18-11-10-16(13-20-18)19(23)21-14-17(22(2)3)12-15-8-6-5-7-9-15/h5-11,13,17H,4,12,14H2,1-3H3,(H,21,23). The van der Waals surface area contributed by atoms with Crippen LogP contribution in [-0.4, -0.2) is 49.1 Å². The molecule has 1 heterocycles. The summed E-state index contributed by atoms with van der Waals surface area (Å²) in [4.78, 5) is 18.5. The van der Waals surface area contributed by atoms with Crippen LogP contribution >= 0.6 is 0 Å². The van der Waals surface area contributed by atoms with Gasteiger partial charge in [0.1, 0.15) is 0 Å². The molecule has 0 radical (unpaired) electrons. The Balaban J connectivity index is 1.92. The number of rotatable bonds is 8. The summed E-state index contributed by atoms with van der Waals surface area (Å²) < 4.78 is 5.29. The number of nitrogens with zero attached hydrogens (tertiary/aromatic N) is 2. The lowest BCUT2D eigenvalue weighted by Crippen LogP contribution is -2.41. The average Bonchev–Trinajstić information content (AvgIpc) is 2.60. The van der Waals surface area contributed by atoms with E-state index in [4.69, 9.17) is 4.74 Å². The molecule has 0 aliphatic rings. The van der Waals surface area contributed by atoms with Crippen LogP contribution in [0.3, 0.4) is 0 Å². The van der Waals surface area contributed by atoms with E-state index < -0.39 is 0 Å². The number of hydrogen-bond acceptors (Lipinski definition) is 4. The second-order valence-electron chi connectivity index (χ2n) is 5.84. The first-order valence-corrected chi connectivity index (χ1v) is 8.17. The number of nitrogens with one attached hydrogen (secondary N) is 1. The lowest BCUT2D eigenvalue weighted by molar-refractivity contribution is 0.0941. The van der Waals surface area contributed by atoms with Crippen molar-refractivity contribution in [1.29, 1.82) is 0 Å². The van der Waals surface area contributed by atoms with Gasteiger partial charge in [-0.2, -0.15) is 0 Å². The molecule has 0 bridgehead atoms. The summed E-state index contributed by atoms with van der Waals surface area (Å²) in [6, 6.07) is 14.0. The van der Waals surface area contributed by atoms with E-state index in [0.29, 0.717) is 24.6 Å². The van der Waals surface area contributed by atoms with Crippen LogP contribution < -0.4 is 10.1 Å². The lowest BCUT2D eigenvalue weighted by atomic mass is 10.1. The van der Waals surface area contributed by atoms with Gasteiger partial charge in [0.15, 0.2) is 0 Å². The van der Waals surface area contributed by atoms with Crippen LogP contribution in [0, 0.1) is 0 Å². The smallest absolute Gasteiger partial charge is 0.252 e. The van der Waals surface area contributed by atoms with Gasteiger partial charge >= 0.3 is 0 Å². The molecule has 0 aliphatic heterocycles. The first-order chi connectivity index (χ1) is 11.6. The Labute approximate surface area is 143 Å². The number of amides is 1. The summed E-state index contributed by atoms with van der Waals surface area (Å²) in [6.07, 6.45) is 2.43. The predicted molar refractivity (Wildman–Crippen MR) is 95.4 cm³/mol. The molecule has 5 heteroatoms. The van der Waals surface area contributed by atoms with Gasteiger partial charge in [0.25, 0.3) is 5.91 Å². The fourth-order valence-electron chi connectivity index (χ4n) is 2.38. The van der Waals surface area contributed by atoms with Gasteiger partial charge in [0.05, 0.1) is 12.2 Å². The first kappa shape index (κ1) is 17.9. The number of carbonyl (C=O) groups excluding carboxylic acids is 1. The van der Waals surface area contributed by atoms with E-state index in [1.807, 2.05) is 39.2 Å². The highest BCUT2D eigenvalue weighted by molar-refractivity contribution is 5.93. The van der Waals surface area contributed by atoms with E-state index in [2.05, 4.69) is 27.3 Å². The number of likely N-dealkylation sites (N-methyl/N-ethyl adjacent to an activating group) is 1. The summed E-state index contributed by atoms with van der Waals surface area (Å²) >= 11 is 0. The minimum atomic E-state index is -0.120. The molecule has 1 aromatic carbocycles. The summed E-state index contributed by atoms with van der Waals surface area (Å²) in [5, 5.41) is 2.99. The Morgan fingerprint density at radius 1 is 1.21 bits per heavy atom. The Kier molecular flexibility index (Phi) is 6.75. The topological polar surface area (TPSA) is 54.5 Å². The largest absolute Gasteiger partial charge is 0.478 e. The van der Waals surface area contributed by atoms with Crippen molar-refractivity contribution in [2.75, 3.05) is 27.2 Å². The maximum atomic E-state index is 12.3. The van der Waals surface area contributed by atoms with Gasteiger partial charge < -0.3 is 15.0 Å². The second-order valence-corrected chi connectivity index (χ2v) is 5.84. The van der Waals surface area contributed by atoms with E-state index in [-0.39, 0.29) is 11.9 Å². The van der Waals surface area contributed by atoms with Crippen LogP contribution in [0.25, 0.3) is 0 Å². The van der Waals surface area contributed by atoms with Gasteiger partial charge in [0.2, 0.25) is 5.88 Å². The number of hydrogen-bond donors (Lipinski definition) is 1. The molecule has 5 nitrogen and oxygen atoms in total. The molecular weight excluding hydrogens is 302 g/mol. The highest BCUT2D eigenvalue weighted by Crippen LogP contribution is 2.09. The molecule has 1 unspecified atom stereocenters. The third-order valence-corrected chi connectivity index (χ3v) is 3.83. The average molecular weight is 327 g/mol. The van der Waals surface area contributed by atoms with Gasteiger partial charge in [-0.15, -0.1) is 0 Å². The maximum Gasteiger partial charge on any atom is 0.252 e.